The summed E-state index contributed by atoms with van der Waals surface area (Å²) < 4.78 is 11.0. The Morgan fingerprint density at radius 2 is 2.24 bits per heavy atom. The van der Waals surface area contributed by atoms with Gasteiger partial charge in [-0.25, -0.2) is 0 Å². The minimum absolute atomic E-state index is 0.0910. The van der Waals surface area contributed by atoms with Crippen LogP contribution in [0, 0.1) is 11.8 Å². The summed E-state index contributed by atoms with van der Waals surface area (Å²) >= 11 is 0. The lowest BCUT2D eigenvalue weighted by Crippen LogP contribution is -2.45. The Morgan fingerprint density at radius 3 is 2.82 bits per heavy atom. The predicted octanol–water partition coefficient (Wildman–Crippen LogP) is 0.505. The molecule has 0 saturated carbocycles. The van der Waals surface area contributed by atoms with E-state index in [1.165, 1.54) is 0 Å². The van der Waals surface area contributed by atoms with Crippen LogP contribution in [0.2, 0.25) is 0 Å². The Bertz CT molecular complexity index is 284. The highest BCUT2D eigenvalue weighted by atomic mass is 32.2. The van der Waals surface area contributed by atoms with Crippen LogP contribution in [0.1, 0.15) is 26.7 Å². The molecule has 4 atom stereocenters. The number of hydrogen-bond acceptors (Lipinski definition) is 3. The monoisotopic (exact) mass is 260 g/mol. The molecule has 1 heterocycles. The third-order valence-electron chi connectivity index (χ3n) is 3.17. The van der Waals surface area contributed by atoms with Crippen LogP contribution in [-0.2, 0) is 15.6 Å². The summed E-state index contributed by atoms with van der Waals surface area (Å²) in [5, 5.41) is 6.29. The van der Waals surface area contributed by atoms with Gasteiger partial charge in [-0.05, 0) is 32.2 Å². The third-order valence-corrected chi connectivity index (χ3v) is 3.98. The van der Waals surface area contributed by atoms with Crippen molar-refractivity contribution in [3.63, 3.8) is 0 Å². The molecule has 0 aromatic heterocycles. The van der Waals surface area contributed by atoms with Crippen molar-refractivity contribution in [2.45, 2.75) is 32.7 Å². The highest BCUT2D eigenvalue weighted by Crippen LogP contribution is 2.16. The van der Waals surface area contributed by atoms with Crippen LogP contribution >= 0.6 is 0 Å². The second-order valence-electron chi connectivity index (χ2n) is 5.17. The molecule has 1 aliphatic rings. The van der Waals surface area contributed by atoms with Crippen molar-refractivity contribution in [1.29, 1.82) is 0 Å². The van der Waals surface area contributed by atoms with Crippen molar-refractivity contribution in [2.24, 2.45) is 11.8 Å². The van der Waals surface area contributed by atoms with Crippen LogP contribution in [0.15, 0.2) is 0 Å². The number of nitrogens with one attached hydrogen (secondary N) is 2. The van der Waals surface area contributed by atoms with Gasteiger partial charge < -0.3 is 10.6 Å². The normalized spacial score (nSPS) is 28.4. The van der Waals surface area contributed by atoms with Crippen molar-refractivity contribution in [2.75, 3.05) is 25.1 Å². The summed E-state index contributed by atoms with van der Waals surface area (Å²) in [6.45, 7) is 5.93. The average Bonchev–Trinajstić information content (AvgIpc) is 2.26. The molecule has 0 aliphatic carbocycles. The van der Waals surface area contributed by atoms with E-state index in [0.717, 1.165) is 25.9 Å². The van der Waals surface area contributed by atoms with Crippen LogP contribution in [-0.4, -0.2) is 41.3 Å². The minimum Gasteiger partial charge on any atom is -0.353 e. The fourth-order valence-corrected chi connectivity index (χ4v) is 2.82. The Balaban J connectivity index is 2.29. The standard InChI is InChI=1S/C12H24N2O2S/c1-9-6-11(8-13-7-9)12(15)14-10(2)4-5-17(3)16/h9-11,13H,4-8H2,1-3H3,(H,14,15). The first-order chi connectivity index (χ1) is 7.99. The molecule has 5 heteroatoms. The molecule has 0 aromatic carbocycles. The fraction of sp³-hybridized carbons (Fsp3) is 0.917. The lowest BCUT2D eigenvalue weighted by atomic mass is 9.91. The van der Waals surface area contributed by atoms with Crippen LogP contribution < -0.4 is 10.6 Å². The lowest BCUT2D eigenvalue weighted by Gasteiger charge is -2.28. The second kappa shape index (κ2) is 7.11. The van der Waals surface area contributed by atoms with Gasteiger partial charge in [0.2, 0.25) is 5.91 Å². The van der Waals surface area contributed by atoms with Crippen LogP contribution in [0.4, 0.5) is 0 Å². The Labute approximate surface area is 106 Å². The molecule has 0 spiro atoms. The van der Waals surface area contributed by atoms with Gasteiger partial charge in [0.15, 0.2) is 0 Å². The Hall–Kier alpha value is -0.420. The van der Waals surface area contributed by atoms with E-state index in [1.807, 2.05) is 6.92 Å². The quantitative estimate of drug-likeness (QED) is 0.757. The average molecular weight is 260 g/mol. The summed E-state index contributed by atoms with van der Waals surface area (Å²) in [5.74, 6) is 1.45. The number of amides is 1. The molecule has 0 radical (unpaired) electrons. The number of hydrogen-bond donors (Lipinski definition) is 2. The van der Waals surface area contributed by atoms with Gasteiger partial charge >= 0.3 is 0 Å². The van der Waals surface area contributed by atoms with E-state index >= 15 is 0 Å². The van der Waals surface area contributed by atoms with E-state index in [1.54, 1.807) is 6.26 Å². The van der Waals surface area contributed by atoms with Crippen molar-refractivity contribution in [3.05, 3.63) is 0 Å². The molecule has 1 fully saturated rings. The van der Waals surface area contributed by atoms with Crippen molar-refractivity contribution in [3.8, 4) is 0 Å². The second-order valence-corrected chi connectivity index (χ2v) is 6.73. The zero-order chi connectivity index (χ0) is 12.8. The van der Waals surface area contributed by atoms with E-state index in [-0.39, 0.29) is 17.9 Å². The highest BCUT2D eigenvalue weighted by molar-refractivity contribution is 7.84. The number of carbonyl (C=O) groups excluding carboxylic acids is 1. The summed E-state index contributed by atoms with van der Waals surface area (Å²) in [6, 6.07) is 0.114. The number of rotatable bonds is 5. The first-order valence-electron chi connectivity index (χ1n) is 6.30. The van der Waals surface area contributed by atoms with E-state index < -0.39 is 10.8 Å². The van der Waals surface area contributed by atoms with E-state index in [2.05, 4.69) is 17.6 Å². The maximum absolute atomic E-state index is 12.0. The van der Waals surface area contributed by atoms with Gasteiger partial charge in [-0.2, -0.15) is 0 Å². The molecule has 2 N–H and O–H groups in total. The van der Waals surface area contributed by atoms with Gasteiger partial charge in [-0.1, -0.05) is 6.92 Å². The molecule has 100 valence electrons. The third kappa shape index (κ3) is 5.64. The van der Waals surface area contributed by atoms with Gasteiger partial charge in [0.25, 0.3) is 0 Å². The zero-order valence-electron chi connectivity index (χ0n) is 11.0. The smallest absolute Gasteiger partial charge is 0.224 e. The largest absolute Gasteiger partial charge is 0.353 e. The molecule has 0 aromatic rings. The van der Waals surface area contributed by atoms with E-state index in [0.29, 0.717) is 11.7 Å². The molecule has 1 amide bonds. The minimum atomic E-state index is -0.775. The highest BCUT2D eigenvalue weighted by Gasteiger charge is 2.25. The molecule has 1 rings (SSSR count). The first-order valence-corrected chi connectivity index (χ1v) is 8.03. The Kier molecular flexibility index (Phi) is 6.12. The van der Waals surface area contributed by atoms with Crippen molar-refractivity contribution in [1.82, 2.24) is 10.6 Å². The van der Waals surface area contributed by atoms with Crippen LogP contribution in [0.3, 0.4) is 0 Å². The summed E-state index contributed by atoms with van der Waals surface area (Å²) in [4.78, 5) is 12.0. The van der Waals surface area contributed by atoms with E-state index in [9.17, 15) is 9.00 Å². The number of piperidine rings is 1. The van der Waals surface area contributed by atoms with Crippen LogP contribution in [0.5, 0.6) is 0 Å². The lowest BCUT2D eigenvalue weighted by molar-refractivity contribution is -0.126. The van der Waals surface area contributed by atoms with Gasteiger partial charge in [0, 0.05) is 35.4 Å². The fourth-order valence-electron chi connectivity index (χ4n) is 2.13. The maximum atomic E-state index is 12.0. The topological polar surface area (TPSA) is 58.2 Å². The summed E-state index contributed by atoms with van der Waals surface area (Å²) in [6.07, 6.45) is 3.44. The molecule has 0 bridgehead atoms. The van der Waals surface area contributed by atoms with Gasteiger partial charge in [0.05, 0.1) is 5.92 Å². The van der Waals surface area contributed by atoms with Crippen molar-refractivity contribution >= 4 is 16.7 Å². The molecule has 17 heavy (non-hydrogen) atoms. The van der Waals surface area contributed by atoms with Gasteiger partial charge in [-0.15, -0.1) is 0 Å². The molecular weight excluding hydrogens is 236 g/mol. The Morgan fingerprint density at radius 1 is 1.53 bits per heavy atom. The van der Waals surface area contributed by atoms with Crippen molar-refractivity contribution < 1.29 is 9.00 Å². The zero-order valence-corrected chi connectivity index (χ0v) is 11.8. The molecular formula is C12H24N2O2S. The maximum Gasteiger partial charge on any atom is 0.224 e. The molecule has 4 nitrogen and oxygen atoms in total. The summed E-state index contributed by atoms with van der Waals surface area (Å²) in [7, 11) is -0.775. The van der Waals surface area contributed by atoms with Gasteiger partial charge in [0.1, 0.15) is 0 Å². The SMILES string of the molecule is CC1CNCC(C(=O)NC(C)CCS(C)=O)C1. The van der Waals surface area contributed by atoms with E-state index in [4.69, 9.17) is 0 Å². The molecule has 1 aliphatic heterocycles. The number of carbonyl (C=O) groups is 1. The molecule has 4 unspecified atom stereocenters. The molecule has 1 saturated heterocycles. The summed E-state index contributed by atoms with van der Waals surface area (Å²) in [5.41, 5.74) is 0. The van der Waals surface area contributed by atoms with Gasteiger partial charge in [-0.3, -0.25) is 9.00 Å². The predicted molar refractivity (Wildman–Crippen MR) is 71.3 cm³/mol. The van der Waals surface area contributed by atoms with Crippen LogP contribution in [0.25, 0.3) is 0 Å². The first kappa shape index (κ1) is 14.6.